The largest absolute Gasteiger partial charge is 0.467 e. The molecule has 12 heteroatoms. The quantitative estimate of drug-likeness (QED) is 0.683. The van der Waals surface area contributed by atoms with Gasteiger partial charge in [0.2, 0.25) is 0 Å². The molecule has 11 nitrogen and oxygen atoms in total. The minimum absolute atomic E-state index is 0.131. The third-order valence-electron chi connectivity index (χ3n) is 6.03. The minimum Gasteiger partial charge on any atom is -0.467 e. The summed E-state index contributed by atoms with van der Waals surface area (Å²) < 4.78 is 15.9. The number of carbonyl (C=O) groups excluding carboxylic acids is 2. The number of likely N-dealkylation sites (tertiary alicyclic amines) is 1. The molecule has 0 radical (unpaired) electrons. The summed E-state index contributed by atoms with van der Waals surface area (Å²) in [6.45, 7) is 3.65. The van der Waals surface area contributed by atoms with E-state index in [2.05, 4.69) is 15.0 Å². The minimum atomic E-state index is -0.349. The molecular formula is C19H21ClN6O5. The van der Waals surface area contributed by atoms with E-state index < -0.39 is 0 Å². The molecule has 3 aliphatic rings. The van der Waals surface area contributed by atoms with Crippen LogP contribution in [0, 0.1) is 6.92 Å². The van der Waals surface area contributed by atoms with Gasteiger partial charge in [0, 0.05) is 19.6 Å². The van der Waals surface area contributed by atoms with Crippen LogP contribution in [0.5, 0.6) is 6.01 Å². The van der Waals surface area contributed by atoms with Crippen LogP contribution in [-0.2, 0) is 4.74 Å². The number of methoxy groups -OCH3 is 1. The highest BCUT2D eigenvalue weighted by Gasteiger charge is 2.52. The predicted molar refractivity (Wildman–Crippen MR) is 107 cm³/mol. The number of aryl methyl sites for hydroxylation is 1. The van der Waals surface area contributed by atoms with Gasteiger partial charge in [-0.05, 0) is 13.3 Å². The van der Waals surface area contributed by atoms with Gasteiger partial charge in [0.05, 0.1) is 31.9 Å². The van der Waals surface area contributed by atoms with Gasteiger partial charge >= 0.3 is 12.1 Å². The summed E-state index contributed by atoms with van der Waals surface area (Å²) in [7, 11) is 1.49. The molecule has 2 aromatic rings. The summed E-state index contributed by atoms with van der Waals surface area (Å²) in [5.74, 6) is 0.840. The Morgan fingerprint density at radius 1 is 1.29 bits per heavy atom. The van der Waals surface area contributed by atoms with Gasteiger partial charge in [0.1, 0.15) is 16.9 Å². The molecular weight excluding hydrogens is 428 g/mol. The van der Waals surface area contributed by atoms with Crippen LogP contribution in [0.15, 0.2) is 17.0 Å². The number of amides is 2. The fourth-order valence-corrected chi connectivity index (χ4v) is 4.75. The highest BCUT2D eigenvalue weighted by Crippen LogP contribution is 2.35. The first-order chi connectivity index (χ1) is 15.0. The van der Waals surface area contributed by atoms with Gasteiger partial charge in [-0.2, -0.15) is 4.98 Å². The number of anilines is 1. The second-order valence-corrected chi connectivity index (χ2v) is 8.19. The molecule has 5 heterocycles. The number of ether oxygens (including phenoxy) is 2. The van der Waals surface area contributed by atoms with E-state index in [4.69, 9.17) is 25.5 Å². The van der Waals surface area contributed by atoms with E-state index in [1.54, 1.807) is 16.7 Å². The predicted octanol–water partition coefficient (Wildman–Crippen LogP) is 1.36. The molecule has 0 N–H and O–H groups in total. The number of oxazole rings is 1. The van der Waals surface area contributed by atoms with Crippen molar-refractivity contribution in [2.45, 2.75) is 31.5 Å². The van der Waals surface area contributed by atoms with Crippen molar-refractivity contribution < 1.29 is 23.5 Å². The molecule has 0 aliphatic carbocycles. The van der Waals surface area contributed by atoms with E-state index in [1.807, 2.05) is 4.90 Å². The van der Waals surface area contributed by atoms with E-state index >= 15 is 0 Å². The van der Waals surface area contributed by atoms with Crippen LogP contribution in [0.1, 0.15) is 22.7 Å². The second kappa shape index (κ2) is 7.56. The Labute approximate surface area is 182 Å². The molecule has 2 aromatic heterocycles. The van der Waals surface area contributed by atoms with E-state index in [-0.39, 0.29) is 36.2 Å². The molecule has 0 aromatic carbocycles. The van der Waals surface area contributed by atoms with Crippen molar-refractivity contribution >= 4 is 29.4 Å². The zero-order valence-corrected chi connectivity index (χ0v) is 17.8. The first-order valence-corrected chi connectivity index (χ1v) is 10.3. The van der Waals surface area contributed by atoms with Crippen LogP contribution in [-0.4, -0.2) is 88.2 Å². The molecule has 3 atom stereocenters. The molecule has 3 saturated heterocycles. The molecule has 0 bridgehead atoms. The molecule has 164 valence electrons. The summed E-state index contributed by atoms with van der Waals surface area (Å²) in [5, 5.41) is 0.402. The highest BCUT2D eigenvalue weighted by atomic mass is 35.5. The van der Waals surface area contributed by atoms with Crippen molar-refractivity contribution in [3.63, 3.8) is 0 Å². The Balaban J connectivity index is 1.31. The van der Waals surface area contributed by atoms with Gasteiger partial charge in [-0.15, -0.1) is 0 Å². The lowest BCUT2D eigenvalue weighted by Crippen LogP contribution is -2.46. The Morgan fingerprint density at radius 2 is 2.13 bits per heavy atom. The van der Waals surface area contributed by atoms with Gasteiger partial charge in [0.15, 0.2) is 17.9 Å². The maximum atomic E-state index is 12.8. The SMILES string of the molecule is COc1ncc(Cl)c(N2C[C@@H]3OC(=O)N(C4CCN(C(=O)c5ncoc5C)C4)[C@@H]3C2)n1. The van der Waals surface area contributed by atoms with Crippen molar-refractivity contribution in [3.8, 4) is 6.01 Å². The van der Waals surface area contributed by atoms with Crippen LogP contribution in [0.25, 0.3) is 0 Å². The number of carbonyl (C=O) groups is 2. The molecule has 1 unspecified atom stereocenters. The molecule has 3 fully saturated rings. The Kier molecular flexibility index (Phi) is 4.84. The first-order valence-electron chi connectivity index (χ1n) is 9.96. The maximum Gasteiger partial charge on any atom is 0.410 e. The van der Waals surface area contributed by atoms with Crippen LogP contribution < -0.4 is 9.64 Å². The number of halogens is 1. The number of fused-ring (bicyclic) bond motifs is 1. The molecule has 3 aliphatic heterocycles. The fraction of sp³-hybridized carbons (Fsp3) is 0.526. The summed E-state index contributed by atoms with van der Waals surface area (Å²) in [5.41, 5.74) is 0.307. The van der Waals surface area contributed by atoms with Crippen molar-refractivity contribution in [3.05, 3.63) is 29.1 Å². The summed E-state index contributed by atoms with van der Waals surface area (Å²) in [6, 6.07) is -0.0641. The molecule has 0 spiro atoms. The van der Waals surface area contributed by atoms with Crippen LogP contribution in [0.2, 0.25) is 5.02 Å². The third kappa shape index (κ3) is 3.32. The number of hydrogen-bond acceptors (Lipinski definition) is 9. The van der Waals surface area contributed by atoms with Gasteiger partial charge in [0.25, 0.3) is 5.91 Å². The monoisotopic (exact) mass is 448 g/mol. The number of hydrogen-bond donors (Lipinski definition) is 0. The highest BCUT2D eigenvalue weighted by molar-refractivity contribution is 6.32. The topological polar surface area (TPSA) is 114 Å². The lowest BCUT2D eigenvalue weighted by atomic mass is 10.1. The average Bonchev–Trinajstić information content (AvgIpc) is 3.52. The average molecular weight is 449 g/mol. The lowest BCUT2D eigenvalue weighted by molar-refractivity contribution is 0.0769. The molecule has 0 saturated carbocycles. The Bertz CT molecular complexity index is 1030. The standard InChI is InChI=1S/C19H21ClN6O5/c1-10-15(22-9-30-10)17(27)24-4-3-11(6-24)26-13-7-25(8-14(13)31-19(26)28)16-12(20)5-21-18(23-16)29-2/h5,9,11,13-14H,3-4,6-8H2,1-2H3/t11?,13-,14+/m1/s1. The van der Waals surface area contributed by atoms with Gasteiger partial charge < -0.3 is 23.7 Å². The van der Waals surface area contributed by atoms with Crippen molar-refractivity contribution in [2.24, 2.45) is 0 Å². The summed E-state index contributed by atoms with van der Waals surface area (Å²) >= 11 is 6.30. The lowest BCUT2D eigenvalue weighted by Gasteiger charge is -2.28. The van der Waals surface area contributed by atoms with Crippen molar-refractivity contribution in [1.82, 2.24) is 24.8 Å². The first kappa shape index (κ1) is 19.9. The normalized spacial score (nSPS) is 25.2. The van der Waals surface area contributed by atoms with Crippen molar-refractivity contribution in [2.75, 3.05) is 38.2 Å². The van der Waals surface area contributed by atoms with E-state index in [1.165, 1.54) is 19.7 Å². The number of aromatic nitrogens is 3. The van der Waals surface area contributed by atoms with Crippen LogP contribution in [0.3, 0.4) is 0 Å². The third-order valence-corrected chi connectivity index (χ3v) is 6.30. The summed E-state index contributed by atoms with van der Waals surface area (Å²) in [4.78, 5) is 43.2. The van der Waals surface area contributed by atoms with Crippen molar-refractivity contribution in [1.29, 1.82) is 0 Å². The molecule has 31 heavy (non-hydrogen) atoms. The molecule has 2 amide bonds. The van der Waals surface area contributed by atoms with E-state index in [0.717, 1.165) is 0 Å². The fourth-order valence-electron chi connectivity index (χ4n) is 4.53. The van der Waals surface area contributed by atoms with Gasteiger partial charge in [-0.3, -0.25) is 9.69 Å². The Hall–Kier alpha value is -3.08. The number of rotatable bonds is 4. The van der Waals surface area contributed by atoms with Crippen LogP contribution in [0.4, 0.5) is 10.6 Å². The van der Waals surface area contributed by atoms with E-state index in [0.29, 0.717) is 54.9 Å². The van der Waals surface area contributed by atoms with Gasteiger partial charge in [-0.25, -0.2) is 14.8 Å². The smallest absolute Gasteiger partial charge is 0.410 e. The van der Waals surface area contributed by atoms with Crippen LogP contribution >= 0.6 is 11.6 Å². The van der Waals surface area contributed by atoms with Gasteiger partial charge in [-0.1, -0.05) is 11.6 Å². The molecule has 5 rings (SSSR count). The zero-order valence-electron chi connectivity index (χ0n) is 17.0. The zero-order chi connectivity index (χ0) is 21.7. The second-order valence-electron chi connectivity index (χ2n) is 7.78. The maximum absolute atomic E-state index is 12.8. The summed E-state index contributed by atoms with van der Waals surface area (Å²) in [6.07, 6.45) is 2.78. The number of nitrogens with zero attached hydrogens (tertiary/aromatic N) is 6. The Morgan fingerprint density at radius 3 is 2.87 bits per heavy atom. The van der Waals surface area contributed by atoms with E-state index in [9.17, 15) is 9.59 Å².